The van der Waals surface area contributed by atoms with Crippen LogP contribution in [0.4, 0.5) is 11.4 Å². The molecule has 0 aromatic heterocycles. The number of benzene rings is 2. The van der Waals surface area contributed by atoms with Gasteiger partial charge < -0.3 is 20.3 Å². The smallest absolute Gasteiger partial charge is 0.313 e. The first kappa shape index (κ1) is 17.3. The predicted octanol–water partition coefficient (Wildman–Crippen LogP) is 2.02. The fourth-order valence-corrected chi connectivity index (χ4v) is 2.14. The minimum absolute atomic E-state index is 0.218. The fourth-order valence-electron chi connectivity index (χ4n) is 2.14. The normalized spacial score (nSPS) is 9.96. The molecule has 0 unspecified atom stereocenters. The number of para-hydroxylation sites is 1. The molecule has 2 aromatic carbocycles. The molecule has 0 heterocycles. The summed E-state index contributed by atoms with van der Waals surface area (Å²) in [5.74, 6) is -0.738. The highest BCUT2D eigenvalue weighted by Gasteiger charge is 2.14. The van der Waals surface area contributed by atoms with Crippen LogP contribution in [0.25, 0.3) is 0 Å². The van der Waals surface area contributed by atoms with Crippen LogP contribution >= 0.6 is 0 Å². The first-order valence-electron chi connectivity index (χ1n) is 7.49. The van der Waals surface area contributed by atoms with E-state index in [0.717, 1.165) is 11.3 Å². The molecule has 6 heteroatoms. The molecule has 0 aliphatic heterocycles. The van der Waals surface area contributed by atoms with Crippen LogP contribution in [0.5, 0.6) is 5.75 Å². The van der Waals surface area contributed by atoms with Crippen LogP contribution in [0.2, 0.25) is 0 Å². The molecule has 24 heavy (non-hydrogen) atoms. The summed E-state index contributed by atoms with van der Waals surface area (Å²) in [5.41, 5.74) is 2.38. The zero-order valence-electron chi connectivity index (χ0n) is 14.0. The maximum absolute atomic E-state index is 11.9. The van der Waals surface area contributed by atoms with E-state index in [0.29, 0.717) is 11.4 Å². The number of amides is 2. The lowest BCUT2D eigenvalue weighted by atomic mass is 10.2. The van der Waals surface area contributed by atoms with E-state index in [-0.39, 0.29) is 6.54 Å². The van der Waals surface area contributed by atoms with Gasteiger partial charge in [0.05, 0.1) is 7.11 Å². The lowest BCUT2D eigenvalue weighted by Crippen LogP contribution is -2.35. The summed E-state index contributed by atoms with van der Waals surface area (Å²) in [6.07, 6.45) is 0. The highest BCUT2D eigenvalue weighted by atomic mass is 16.5. The van der Waals surface area contributed by atoms with Crippen LogP contribution in [0.3, 0.4) is 0 Å². The van der Waals surface area contributed by atoms with Crippen molar-refractivity contribution in [2.75, 3.05) is 31.4 Å². The molecule has 0 fully saturated rings. The Kier molecular flexibility index (Phi) is 5.78. The molecule has 0 saturated heterocycles. The van der Waals surface area contributed by atoms with Crippen LogP contribution in [-0.4, -0.2) is 33.0 Å². The van der Waals surface area contributed by atoms with E-state index in [4.69, 9.17) is 4.74 Å². The fraction of sp³-hybridized carbons (Fsp3) is 0.222. The van der Waals surface area contributed by atoms with Crippen LogP contribution in [0.1, 0.15) is 5.56 Å². The van der Waals surface area contributed by atoms with E-state index in [2.05, 4.69) is 10.6 Å². The third-order valence-electron chi connectivity index (χ3n) is 3.48. The molecule has 0 saturated carbocycles. The second-order valence-corrected chi connectivity index (χ2v) is 5.39. The molecule has 0 radical (unpaired) electrons. The number of ether oxygens (including phenoxy) is 1. The number of carbonyl (C=O) groups excluding carboxylic acids is 2. The molecule has 0 aliphatic rings. The van der Waals surface area contributed by atoms with Crippen LogP contribution in [-0.2, 0) is 16.1 Å². The van der Waals surface area contributed by atoms with Gasteiger partial charge in [-0.05, 0) is 30.3 Å². The summed E-state index contributed by atoms with van der Waals surface area (Å²) < 4.78 is 5.21. The van der Waals surface area contributed by atoms with Gasteiger partial charge in [-0.3, -0.25) is 9.59 Å². The number of hydrogen-bond acceptors (Lipinski definition) is 4. The maximum Gasteiger partial charge on any atom is 0.313 e. The number of nitrogens with one attached hydrogen (secondary N) is 2. The van der Waals surface area contributed by atoms with E-state index in [1.807, 2.05) is 49.3 Å². The minimum atomic E-state index is -0.706. The number of carbonyl (C=O) groups is 2. The SMILES string of the molecule is COc1ccccc1CNC(=O)C(=O)Nc1ccc(N(C)C)cc1. The summed E-state index contributed by atoms with van der Waals surface area (Å²) in [7, 11) is 5.42. The molecular weight excluding hydrogens is 306 g/mol. The summed E-state index contributed by atoms with van der Waals surface area (Å²) in [6, 6.07) is 14.5. The van der Waals surface area contributed by atoms with Crippen molar-refractivity contribution in [1.29, 1.82) is 0 Å². The molecule has 2 amide bonds. The first-order valence-corrected chi connectivity index (χ1v) is 7.49. The Balaban J connectivity index is 1.91. The van der Waals surface area contributed by atoms with Gasteiger partial charge in [-0.15, -0.1) is 0 Å². The molecule has 0 aliphatic carbocycles. The van der Waals surface area contributed by atoms with Crippen molar-refractivity contribution >= 4 is 23.2 Å². The third kappa shape index (κ3) is 4.49. The molecule has 0 spiro atoms. The van der Waals surface area contributed by atoms with E-state index in [1.54, 1.807) is 25.3 Å². The van der Waals surface area contributed by atoms with E-state index in [9.17, 15) is 9.59 Å². The standard InChI is InChI=1S/C18H21N3O3/c1-21(2)15-10-8-14(9-11-15)20-18(23)17(22)19-12-13-6-4-5-7-16(13)24-3/h4-11H,12H2,1-3H3,(H,19,22)(H,20,23). The van der Waals surface area contributed by atoms with E-state index < -0.39 is 11.8 Å². The zero-order chi connectivity index (χ0) is 17.5. The van der Waals surface area contributed by atoms with Crippen molar-refractivity contribution in [3.8, 4) is 5.75 Å². The molecule has 126 valence electrons. The quantitative estimate of drug-likeness (QED) is 0.824. The Morgan fingerprint density at radius 2 is 1.67 bits per heavy atom. The van der Waals surface area contributed by atoms with E-state index >= 15 is 0 Å². The molecule has 2 aromatic rings. The highest BCUT2D eigenvalue weighted by Crippen LogP contribution is 2.17. The second kappa shape index (κ2) is 8.01. The molecular formula is C18H21N3O3. The van der Waals surface area contributed by atoms with Crippen LogP contribution in [0.15, 0.2) is 48.5 Å². The van der Waals surface area contributed by atoms with Gasteiger partial charge in [0.25, 0.3) is 0 Å². The highest BCUT2D eigenvalue weighted by molar-refractivity contribution is 6.39. The Bertz CT molecular complexity index is 712. The van der Waals surface area contributed by atoms with Gasteiger partial charge in [0, 0.05) is 37.6 Å². The predicted molar refractivity (Wildman–Crippen MR) is 94.2 cm³/mol. The average Bonchev–Trinajstić information content (AvgIpc) is 2.60. The number of nitrogens with zero attached hydrogens (tertiary/aromatic N) is 1. The second-order valence-electron chi connectivity index (χ2n) is 5.39. The first-order chi connectivity index (χ1) is 11.5. The lowest BCUT2D eigenvalue weighted by Gasteiger charge is -2.13. The maximum atomic E-state index is 11.9. The topological polar surface area (TPSA) is 70.7 Å². The van der Waals surface area contributed by atoms with Gasteiger partial charge in [0.1, 0.15) is 5.75 Å². The monoisotopic (exact) mass is 327 g/mol. The Labute approximate surface area is 141 Å². The summed E-state index contributed by atoms with van der Waals surface area (Å²) in [6.45, 7) is 0.218. The van der Waals surface area contributed by atoms with Gasteiger partial charge in [0.15, 0.2) is 0 Å². The van der Waals surface area contributed by atoms with Crippen molar-refractivity contribution in [2.45, 2.75) is 6.54 Å². The van der Waals surface area contributed by atoms with Gasteiger partial charge >= 0.3 is 11.8 Å². The third-order valence-corrected chi connectivity index (χ3v) is 3.48. The van der Waals surface area contributed by atoms with Crippen LogP contribution in [0, 0.1) is 0 Å². The van der Waals surface area contributed by atoms with Crippen molar-refractivity contribution in [2.24, 2.45) is 0 Å². The molecule has 2 rings (SSSR count). The zero-order valence-corrected chi connectivity index (χ0v) is 14.0. The average molecular weight is 327 g/mol. The molecule has 0 bridgehead atoms. The van der Waals surface area contributed by atoms with Crippen molar-refractivity contribution < 1.29 is 14.3 Å². The molecule has 0 atom stereocenters. The largest absolute Gasteiger partial charge is 0.496 e. The molecule has 2 N–H and O–H groups in total. The van der Waals surface area contributed by atoms with Gasteiger partial charge in [0.2, 0.25) is 0 Å². The lowest BCUT2D eigenvalue weighted by molar-refractivity contribution is -0.136. The minimum Gasteiger partial charge on any atom is -0.496 e. The summed E-state index contributed by atoms with van der Waals surface area (Å²) in [5, 5.41) is 5.16. The number of rotatable bonds is 5. The summed E-state index contributed by atoms with van der Waals surface area (Å²) in [4.78, 5) is 25.8. The van der Waals surface area contributed by atoms with Gasteiger partial charge in [-0.2, -0.15) is 0 Å². The van der Waals surface area contributed by atoms with Gasteiger partial charge in [-0.1, -0.05) is 18.2 Å². The van der Waals surface area contributed by atoms with Crippen molar-refractivity contribution in [3.05, 3.63) is 54.1 Å². The number of anilines is 2. The number of hydrogen-bond donors (Lipinski definition) is 2. The van der Waals surface area contributed by atoms with Crippen molar-refractivity contribution in [1.82, 2.24) is 5.32 Å². The van der Waals surface area contributed by atoms with Gasteiger partial charge in [-0.25, -0.2) is 0 Å². The van der Waals surface area contributed by atoms with Crippen molar-refractivity contribution in [3.63, 3.8) is 0 Å². The number of methoxy groups -OCH3 is 1. The Morgan fingerprint density at radius 1 is 1.00 bits per heavy atom. The van der Waals surface area contributed by atoms with Crippen LogP contribution < -0.4 is 20.3 Å². The molecule has 6 nitrogen and oxygen atoms in total. The summed E-state index contributed by atoms with van der Waals surface area (Å²) >= 11 is 0. The Morgan fingerprint density at radius 3 is 2.29 bits per heavy atom. The Hall–Kier alpha value is -3.02. The van der Waals surface area contributed by atoms with E-state index in [1.165, 1.54) is 0 Å².